The number of unbranched alkanes of at least 4 members (excludes halogenated alkanes) is 1. The molecule has 0 saturated carbocycles. The highest BCUT2D eigenvalue weighted by atomic mass is 16.5. The second-order valence-corrected chi connectivity index (χ2v) is 2.82. The van der Waals surface area contributed by atoms with Crippen molar-refractivity contribution in [3.05, 3.63) is 12.2 Å². The number of hydrogen-bond acceptors (Lipinski definition) is 3. The minimum atomic E-state index is -0.450. The summed E-state index contributed by atoms with van der Waals surface area (Å²) in [7, 11) is 0. The summed E-state index contributed by atoms with van der Waals surface area (Å²) < 4.78 is 4.75. The summed E-state index contributed by atoms with van der Waals surface area (Å²) in [6.07, 6.45) is 5.70. The lowest BCUT2D eigenvalue weighted by atomic mass is 10.3. The van der Waals surface area contributed by atoms with Crippen LogP contribution in [0.2, 0.25) is 0 Å². The molecular weight excluding hydrogens is 168 g/mol. The van der Waals surface area contributed by atoms with E-state index in [0.29, 0.717) is 0 Å². The molecule has 0 aliphatic rings. The topological polar surface area (TPSA) is 43.4 Å². The van der Waals surface area contributed by atoms with E-state index in [1.807, 2.05) is 6.08 Å². The minimum absolute atomic E-state index is 0.123. The second kappa shape index (κ2) is 7.53. The smallest absolute Gasteiger partial charge is 0.313 e. The maximum atomic E-state index is 10.8. The van der Waals surface area contributed by atoms with Crippen molar-refractivity contribution < 1.29 is 14.3 Å². The number of carbonyl (C=O) groups excluding carboxylic acids is 2. The Morgan fingerprint density at radius 2 is 2.00 bits per heavy atom. The van der Waals surface area contributed by atoms with Crippen LogP contribution in [0.3, 0.4) is 0 Å². The largest absolute Gasteiger partial charge is 0.461 e. The molecule has 0 N–H and O–H groups in total. The Labute approximate surface area is 78.8 Å². The highest BCUT2D eigenvalue weighted by molar-refractivity contribution is 5.94. The predicted molar refractivity (Wildman–Crippen MR) is 50.3 cm³/mol. The molecule has 0 aromatic carbocycles. The molecule has 74 valence electrons. The molecule has 0 rings (SSSR count). The first-order chi connectivity index (χ1) is 6.16. The fourth-order valence-corrected chi connectivity index (χ4v) is 0.748. The van der Waals surface area contributed by atoms with E-state index in [0.717, 1.165) is 12.8 Å². The number of ketones is 1. The van der Waals surface area contributed by atoms with Crippen molar-refractivity contribution in [2.24, 2.45) is 0 Å². The third kappa shape index (κ3) is 8.79. The van der Waals surface area contributed by atoms with Crippen LogP contribution >= 0.6 is 0 Å². The van der Waals surface area contributed by atoms with Crippen molar-refractivity contribution in [2.45, 2.75) is 33.1 Å². The highest BCUT2D eigenvalue weighted by Crippen LogP contribution is 1.91. The molecule has 0 aromatic rings. The van der Waals surface area contributed by atoms with Gasteiger partial charge in [0.2, 0.25) is 0 Å². The Morgan fingerprint density at radius 3 is 2.54 bits per heavy atom. The first-order valence-corrected chi connectivity index (χ1v) is 4.47. The van der Waals surface area contributed by atoms with Crippen LogP contribution in [-0.2, 0) is 14.3 Å². The zero-order chi connectivity index (χ0) is 10.1. The Morgan fingerprint density at radius 1 is 1.31 bits per heavy atom. The maximum absolute atomic E-state index is 10.8. The van der Waals surface area contributed by atoms with E-state index in [1.165, 1.54) is 6.92 Å². The van der Waals surface area contributed by atoms with Crippen LogP contribution < -0.4 is 0 Å². The number of Topliss-reactive ketones (excluding diaryl/α,β-unsaturated/α-hetero) is 1. The van der Waals surface area contributed by atoms with Crippen LogP contribution in [0.4, 0.5) is 0 Å². The van der Waals surface area contributed by atoms with Gasteiger partial charge < -0.3 is 4.74 Å². The monoisotopic (exact) mass is 184 g/mol. The molecule has 3 heteroatoms. The fourth-order valence-electron chi connectivity index (χ4n) is 0.748. The number of carbonyl (C=O) groups is 2. The van der Waals surface area contributed by atoms with Crippen molar-refractivity contribution in [3.8, 4) is 0 Å². The van der Waals surface area contributed by atoms with Crippen molar-refractivity contribution in [2.75, 3.05) is 6.61 Å². The first-order valence-electron chi connectivity index (χ1n) is 4.47. The van der Waals surface area contributed by atoms with E-state index in [2.05, 4.69) is 6.92 Å². The lowest BCUT2D eigenvalue weighted by Gasteiger charge is -1.98. The Kier molecular flexibility index (Phi) is 6.88. The summed E-state index contributed by atoms with van der Waals surface area (Å²) >= 11 is 0. The molecule has 0 saturated heterocycles. The van der Waals surface area contributed by atoms with Crippen LogP contribution in [0, 0.1) is 0 Å². The first kappa shape index (κ1) is 11.9. The number of esters is 1. The second-order valence-electron chi connectivity index (χ2n) is 2.82. The molecule has 0 fully saturated rings. The van der Waals surface area contributed by atoms with Gasteiger partial charge in [-0.3, -0.25) is 9.59 Å². The van der Waals surface area contributed by atoms with Gasteiger partial charge in [0.05, 0.1) is 0 Å². The van der Waals surface area contributed by atoms with Gasteiger partial charge in [-0.15, -0.1) is 0 Å². The summed E-state index contributed by atoms with van der Waals surface area (Å²) in [4.78, 5) is 21.3. The average Bonchev–Trinajstić information content (AvgIpc) is 2.02. The van der Waals surface area contributed by atoms with Crippen molar-refractivity contribution in [1.29, 1.82) is 0 Å². The van der Waals surface area contributed by atoms with Gasteiger partial charge >= 0.3 is 5.97 Å². The molecule has 0 heterocycles. The van der Waals surface area contributed by atoms with Gasteiger partial charge in [0.25, 0.3) is 0 Å². The van der Waals surface area contributed by atoms with Gasteiger partial charge in [0, 0.05) is 0 Å². The van der Waals surface area contributed by atoms with Crippen LogP contribution in [-0.4, -0.2) is 18.4 Å². The minimum Gasteiger partial charge on any atom is -0.461 e. The molecular formula is C10H16O3. The third-order valence-electron chi connectivity index (χ3n) is 1.36. The summed E-state index contributed by atoms with van der Waals surface area (Å²) in [6.45, 7) is 3.71. The highest BCUT2D eigenvalue weighted by Gasteiger charge is 2.03. The van der Waals surface area contributed by atoms with Gasteiger partial charge in [-0.05, 0) is 13.3 Å². The lowest BCUT2D eigenvalue weighted by molar-refractivity contribution is -0.144. The summed E-state index contributed by atoms with van der Waals surface area (Å²) in [5.74, 6) is -0.615. The fraction of sp³-hybridized carbons (Fsp3) is 0.600. The predicted octanol–water partition coefficient (Wildman–Crippen LogP) is 1.86. The lowest BCUT2D eigenvalue weighted by Crippen LogP contribution is -2.08. The van der Waals surface area contributed by atoms with E-state index >= 15 is 0 Å². The van der Waals surface area contributed by atoms with E-state index in [9.17, 15) is 9.59 Å². The molecule has 0 unspecified atom stereocenters. The summed E-state index contributed by atoms with van der Waals surface area (Å²) in [6, 6.07) is 0. The molecule has 0 aliphatic heterocycles. The van der Waals surface area contributed by atoms with Crippen LogP contribution in [0.25, 0.3) is 0 Å². The SMILES string of the molecule is CCC/C=C\COC(=O)CC(C)=O. The Balaban J connectivity index is 3.42. The van der Waals surface area contributed by atoms with Gasteiger partial charge in [-0.2, -0.15) is 0 Å². The van der Waals surface area contributed by atoms with Crippen LogP contribution in [0.1, 0.15) is 33.1 Å². The molecule has 0 amide bonds. The zero-order valence-electron chi connectivity index (χ0n) is 8.21. The van der Waals surface area contributed by atoms with Crippen LogP contribution in [0.15, 0.2) is 12.2 Å². The molecule has 0 radical (unpaired) electrons. The molecule has 0 aliphatic carbocycles. The molecule has 3 nitrogen and oxygen atoms in total. The van der Waals surface area contributed by atoms with Gasteiger partial charge in [-0.1, -0.05) is 25.5 Å². The summed E-state index contributed by atoms with van der Waals surface area (Å²) in [5, 5.41) is 0. The molecule has 0 aromatic heterocycles. The van der Waals surface area contributed by atoms with Gasteiger partial charge in [-0.25, -0.2) is 0 Å². The number of rotatable bonds is 6. The van der Waals surface area contributed by atoms with Gasteiger partial charge in [0.1, 0.15) is 18.8 Å². The molecule has 13 heavy (non-hydrogen) atoms. The standard InChI is InChI=1S/C10H16O3/c1-3-4-5-6-7-13-10(12)8-9(2)11/h5-6H,3-4,7-8H2,1-2H3/b6-5-. The van der Waals surface area contributed by atoms with Crippen molar-refractivity contribution in [1.82, 2.24) is 0 Å². The normalized spacial score (nSPS) is 10.3. The van der Waals surface area contributed by atoms with E-state index in [1.54, 1.807) is 6.08 Å². The maximum Gasteiger partial charge on any atom is 0.313 e. The number of allylic oxidation sites excluding steroid dienone is 1. The molecule has 0 atom stereocenters. The quantitative estimate of drug-likeness (QED) is 0.359. The van der Waals surface area contributed by atoms with E-state index < -0.39 is 5.97 Å². The Bertz CT molecular complexity index is 194. The van der Waals surface area contributed by atoms with E-state index in [-0.39, 0.29) is 18.8 Å². The number of ether oxygens (including phenoxy) is 1. The van der Waals surface area contributed by atoms with Crippen molar-refractivity contribution in [3.63, 3.8) is 0 Å². The molecule has 0 bridgehead atoms. The van der Waals surface area contributed by atoms with Gasteiger partial charge in [0.15, 0.2) is 0 Å². The van der Waals surface area contributed by atoms with E-state index in [4.69, 9.17) is 4.74 Å². The zero-order valence-corrected chi connectivity index (χ0v) is 8.21. The number of hydrogen-bond donors (Lipinski definition) is 0. The van der Waals surface area contributed by atoms with Crippen molar-refractivity contribution >= 4 is 11.8 Å². The third-order valence-corrected chi connectivity index (χ3v) is 1.36. The average molecular weight is 184 g/mol. The van der Waals surface area contributed by atoms with Crippen LogP contribution in [0.5, 0.6) is 0 Å². The molecule has 0 spiro atoms. The Hall–Kier alpha value is -1.12. The summed E-state index contributed by atoms with van der Waals surface area (Å²) in [5.41, 5.74) is 0.